The largest absolute Gasteiger partial charge is 0.442 e. The molecule has 0 fully saturated rings. The van der Waals surface area contributed by atoms with E-state index >= 15 is 0 Å². The molecule has 0 spiro atoms. The van der Waals surface area contributed by atoms with Crippen LogP contribution in [0, 0.1) is 6.92 Å². The summed E-state index contributed by atoms with van der Waals surface area (Å²) in [6, 6.07) is 12.0. The number of nitrogens with zero attached hydrogens (tertiary/aromatic N) is 2. The van der Waals surface area contributed by atoms with Crippen LogP contribution in [0.4, 0.5) is 0 Å². The number of aromatic nitrogens is 2. The Morgan fingerprint density at radius 2 is 1.94 bits per heavy atom. The molecule has 78 valence electrons. The fourth-order valence-corrected chi connectivity index (χ4v) is 1.76. The predicted octanol–water partition coefficient (Wildman–Crippen LogP) is 3.20. The molecule has 0 unspecified atom stereocenters. The first-order valence-corrected chi connectivity index (χ1v) is 5.11. The van der Waals surface area contributed by atoms with Gasteiger partial charge in [-0.1, -0.05) is 24.3 Å². The minimum Gasteiger partial charge on any atom is -0.442 e. The Balaban J connectivity index is 2.22. The van der Waals surface area contributed by atoms with E-state index in [1.165, 1.54) is 12.0 Å². The van der Waals surface area contributed by atoms with Gasteiger partial charge in [-0.15, -0.1) is 0 Å². The lowest BCUT2D eigenvalue weighted by Gasteiger charge is -2.03. The second kappa shape index (κ2) is 3.45. The molecule has 3 nitrogen and oxygen atoms in total. The van der Waals surface area contributed by atoms with Crippen LogP contribution in [0.15, 0.2) is 47.2 Å². The van der Waals surface area contributed by atoms with Crippen LogP contribution < -0.4 is 0 Å². The highest BCUT2D eigenvalue weighted by Gasteiger charge is 2.05. The zero-order chi connectivity index (χ0) is 11.0. The third-order valence-electron chi connectivity index (χ3n) is 2.61. The van der Waals surface area contributed by atoms with Gasteiger partial charge in [0.2, 0.25) is 0 Å². The molecule has 1 aromatic carbocycles. The molecule has 0 amide bonds. The summed E-state index contributed by atoms with van der Waals surface area (Å²) in [6.45, 7) is 2.07. The van der Waals surface area contributed by atoms with E-state index in [1.807, 2.05) is 24.3 Å². The first-order chi connectivity index (χ1) is 7.84. The maximum Gasteiger partial charge on any atom is 0.199 e. The smallest absolute Gasteiger partial charge is 0.199 e. The number of hydrogen-bond donors (Lipinski definition) is 0. The van der Waals surface area contributed by atoms with Gasteiger partial charge in [0, 0.05) is 5.56 Å². The summed E-state index contributed by atoms with van der Waals surface area (Å²) < 4.78 is 5.17. The summed E-state index contributed by atoms with van der Waals surface area (Å²) in [7, 11) is 0. The fourth-order valence-electron chi connectivity index (χ4n) is 1.76. The molecule has 3 heteroatoms. The van der Waals surface area contributed by atoms with Crippen LogP contribution in [0.25, 0.3) is 22.5 Å². The lowest BCUT2D eigenvalue weighted by molar-refractivity contribution is 0.602. The Labute approximate surface area is 92.8 Å². The lowest BCUT2D eigenvalue weighted by atomic mass is 10.1. The van der Waals surface area contributed by atoms with Crippen molar-refractivity contribution in [3.05, 3.63) is 48.4 Å². The number of pyridine rings is 1. The molecule has 3 rings (SSSR count). The van der Waals surface area contributed by atoms with E-state index in [9.17, 15) is 0 Å². The molecular weight excluding hydrogens is 200 g/mol. The Morgan fingerprint density at radius 1 is 1.06 bits per heavy atom. The van der Waals surface area contributed by atoms with E-state index in [0.29, 0.717) is 5.65 Å². The maximum absolute atomic E-state index is 5.17. The average molecular weight is 210 g/mol. The van der Waals surface area contributed by atoms with E-state index in [1.54, 1.807) is 0 Å². The van der Waals surface area contributed by atoms with E-state index in [0.717, 1.165) is 16.8 Å². The van der Waals surface area contributed by atoms with Crippen molar-refractivity contribution < 1.29 is 4.42 Å². The van der Waals surface area contributed by atoms with Crippen molar-refractivity contribution in [3.8, 4) is 11.3 Å². The molecule has 0 saturated carbocycles. The first kappa shape index (κ1) is 9.09. The van der Waals surface area contributed by atoms with Gasteiger partial charge < -0.3 is 4.42 Å². The molecule has 0 aliphatic heterocycles. The van der Waals surface area contributed by atoms with Gasteiger partial charge in [-0.2, -0.15) is 4.98 Å². The van der Waals surface area contributed by atoms with E-state index in [2.05, 4.69) is 29.0 Å². The Kier molecular flexibility index (Phi) is 1.96. The van der Waals surface area contributed by atoms with Crippen molar-refractivity contribution in [3.63, 3.8) is 0 Å². The molecular formula is C13H10N2O. The zero-order valence-corrected chi connectivity index (χ0v) is 8.84. The van der Waals surface area contributed by atoms with Gasteiger partial charge in [-0.3, -0.25) is 0 Å². The second-order valence-corrected chi connectivity index (χ2v) is 3.69. The standard InChI is InChI=1S/C13H10N2O/c1-9-4-2-3-5-10(9)11-6-7-12-13(15-11)14-8-16-12/h2-8H,1H3. The summed E-state index contributed by atoms with van der Waals surface area (Å²) in [6.07, 6.45) is 1.42. The van der Waals surface area contributed by atoms with Crippen LogP contribution >= 0.6 is 0 Å². The average Bonchev–Trinajstić information content (AvgIpc) is 2.76. The highest BCUT2D eigenvalue weighted by Crippen LogP contribution is 2.23. The van der Waals surface area contributed by atoms with Crippen LogP contribution in [0.3, 0.4) is 0 Å². The first-order valence-electron chi connectivity index (χ1n) is 5.11. The van der Waals surface area contributed by atoms with Crippen LogP contribution in [-0.2, 0) is 0 Å². The molecule has 3 aromatic rings. The molecule has 0 saturated heterocycles. The zero-order valence-electron chi connectivity index (χ0n) is 8.84. The van der Waals surface area contributed by atoms with Crippen molar-refractivity contribution >= 4 is 11.2 Å². The summed E-state index contributed by atoms with van der Waals surface area (Å²) in [5.74, 6) is 0. The summed E-state index contributed by atoms with van der Waals surface area (Å²) >= 11 is 0. The van der Waals surface area contributed by atoms with Crippen molar-refractivity contribution in [2.45, 2.75) is 6.92 Å². The monoisotopic (exact) mass is 210 g/mol. The molecule has 0 aliphatic rings. The van der Waals surface area contributed by atoms with E-state index in [4.69, 9.17) is 4.42 Å². The van der Waals surface area contributed by atoms with Gasteiger partial charge in [0.25, 0.3) is 0 Å². The van der Waals surface area contributed by atoms with Crippen molar-refractivity contribution in [1.29, 1.82) is 0 Å². The van der Waals surface area contributed by atoms with Gasteiger partial charge in [-0.25, -0.2) is 4.98 Å². The Bertz CT molecular complexity index is 643. The summed E-state index contributed by atoms with van der Waals surface area (Å²) in [5, 5.41) is 0. The van der Waals surface area contributed by atoms with Gasteiger partial charge in [0.1, 0.15) is 0 Å². The molecule has 16 heavy (non-hydrogen) atoms. The molecule has 0 N–H and O–H groups in total. The van der Waals surface area contributed by atoms with Gasteiger partial charge in [0.05, 0.1) is 5.69 Å². The summed E-state index contributed by atoms with van der Waals surface area (Å²) in [4.78, 5) is 8.52. The van der Waals surface area contributed by atoms with E-state index < -0.39 is 0 Å². The number of fused-ring (bicyclic) bond motifs is 1. The van der Waals surface area contributed by atoms with Crippen LogP contribution in [0.1, 0.15) is 5.56 Å². The fraction of sp³-hybridized carbons (Fsp3) is 0.0769. The number of hydrogen-bond acceptors (Lipinski definition) is 3. The highest BCUT2D eigenvalue weighted by molar-refractivity contribution is 5.74. The summed E-state index contributed by atoms with van der Waals surface area (Å²) in [5.41, 5.74) is 4.64. The molecule has 0 bridgehead atoms. The Hall–Kier alpha value is -2.16. The Morgan fingerprint density at radius 3 is 2.81 bits per heavy atom. The minimum atomic E-state index is 0.653. The van der Waals surface area contributed by atoms with Gasteiger partial charge in [-0.05, 0) is 24.6 Å². The third-order valence-corrected chi connectivity index (χ3v) is 2.61. The quantitative estimate of drug-likeness (QED) is 0.619. The number of benzene rings is 1. The SMILES string of the molecule is Cc1ccccc1-c1ccc2ocnc2n1. The molecule has 2 heterocycles. The molecule has 0 atom stereocenters. The highest BCUT2D eigenvalue weighted by atomic mass is 16.3. The van der Waals surface area contributed by atoms with Gasteiger partial charge >= 0.3 is 0 Å². The topological polar surface area (TPSA) is 38.9 Å². The van der Waals surface area contributed by atoms with Gasteiger partial charge in [0.15, 0.2) is 17.6 Å². The molecule has 2 aromatic heterocycles. The van der Waals surface area contributed by atoms with Crippen LogP contribution in [0.2, 0.25) is 0 Å². The number of rotatable bonds is 1. The third kappa shape index (κ3) is 1.37. The van der Waals surface area contributed by atoms with Crippen molar-refractivity contribution in [2.75, 3.05) is 0 Å². The lowest BCUT2D eigenvalue weighted by Crippen LogP contribution is -1.87. The van der Waals surface area contributed by atoms with Crippen molar-refractivity contribution in [1.82, 2.24) is 9.97 Å². The minimum absolute atomic E-state index is 0.653. The predicted molar refractivity (Wildman–Crippen MR) is 62.0 cm³/mol. The normalized spacial score (nSPS) is 10.8. The maximum atomic E-state index is 5.17. The van der Waals surface area contributed by atoms with E-state index in [-0.39, 0.29) is 0 Å². The molecule has 0 aliphatic carbocycles. The number of aryl methyl sites for hydroxylation is 1. The second-order valence-electron chi connectivity index (χ2n) is 3.69. The number of oxazole rings is 1. The van der Waals surface area contributed by atoms with Crippen molar-refractivity contribution in [2.24, 2.45) is 0 Å². The molecule has 0 radical (unpaired) electrons. The van der Waals surface area contributed by atoms with Crippen LogP contribution in [0.5, 0.6) is 0 Å². The van der Waals surface area contributed by atoms with Crippen LogP contribution in [-0.4, -0.2) is 9.97 Å².